The Labute approximate surface area is 114 Å². The fourth-order valence-electron chi connectivity index (χ4n) is 2.74. The molecule has 1 amide bonds. The predicted octanol–water partition coefficient (Wildman–Crippen LogP) is 2.07. The average Bonchev–Trinajstić information content (AvgIpc) is 2.37. The summed E-state index contributed by atoms with van der Waals surface area (Å²) in [5, 5.41) is 3.11. The second kappa shape index (κ2) is 5.57. The summed E-state index contributed by atoms with van der Waals surface area (Å²) in [7, 11) is 0. The first kappa shape index (κ1) is 13.8. The molecule has 1 fully saturated rings. The van der Waals surface area contributed by atoms with Crippen LogP contribution in [-0.4, -0.2) is 16.9 Å². The number of nitrogens with zero attached hydrogens (tertiary/aromatic N) is 1. The minimum atomic E-state index is -0.0541. The molecule has 2 rings (SSSR count). The van der Waals surface area contributed by atoms with Gasteiger partial charge in [0.1, 0.15) is 5.82 Å². The number of aromatic nitrogens is 1. The highest BCUT2D eigenvalue weighted by molar-refractivity contribution is 5.94. The lowest BCUT2D eigenvalue weighted by molar-refractivity contribution is 0.0902. The standard InChI is InChI=1S/C14H22N4O/c1-14(2)6-3-4-11(9-14)17-13(19)10-5-7-16-12(8-10)18-15/h5,7-8,11H,3-4,6,9,15H2,1-2H3,(H,16,18)(H,17,19). The summed E-state index contributed by atoms with van der Waals surface area (Å²) in [6.45, 7) is 4.52. The van der Waals surface area contributed by atoms with Gasteiger partial charge in [0.2, 0.25) is 0 Å². The highest BCUT2D eigenvalue weighted by Gasteiger charge is 2.28. The highest BCUT2D eigenvalue weighted by atomic mass is 16.1. The van der Waals surface area contributed by atoms with Crippen molar-refractivity contribution >= 4 is 11.7 Å². The molecule has 1 aromatic heterocycles. The van der Waals surface area contributed by atoms with E-state index < -0.39 is 0 Å². The van der Waals surface area contributed by atoms with Gasteiger partial charge in [-0.1, -0.05) is 20.3 Å². The zero-order valence-electron chi connectivity index (χ0n) is 11.6. The van der Waals surface area contributed by atoms with Crippen molar-refractivity contribution in [2.75, 3.05) is 5.43 Å². The summed E-state index contributed by atoms with van der Waals surface area (Å²) in [5.74, 6) is 5.74. The Morgan fingerprint density at radius 2 is 2.32 bits per heavy atom. The first-order valence-corrected chi connectivity index (χ1v) is 6.74. The number of anilines is 1. The molecule has 19 heavy (non-hydrogen) atoms. The van der Waals surface area contributed by atoms with Crippen molar-refractivity contribution in [3.8, 4) is 0 Å². The van der Waals surface area contributed by atoms with Gasteiger partial charge in [-0.25, -0.2) is 10.8 Å². The van der Waals surface area contributed by atoms with Crippen molar-refractivity contribution in [3.05, 3.63) is 23.9 Å². The number of nitrogens with one attached hydrogen (secondary N) is 2. The minimum Gasteiger partial charge on any atom is -0.349 e. The third kappa shape index (κ3) is 3.67. The third-order valence-electron chi connectivity index (χ3n) is 3.71. The molecule has 5 heteroatoms. The van der Waals surface area contributed by atoms with Crippen LogP contribution in [0, 0.1) is 5.41 Å². The number of nitrogen functional groups attached to an aromatic ring is 1. The number of hydrogen-bond acceptors (Lipinski definition) is 4. The van der Waals surface area contributed by atoms with Gasteiger partial charge in [-0.05, 0) is 36.8 Å². The van der Waals surface area contributed by atoms with Gasteiger partial charge in [0.15, 0.2) is 0 Å². The molecular formula is C14H22N4O. The molecule has 0 aromatic carbocycles. The number of nitrogens with two attached hydrogens (primary N) is 1. The van der Waals surface area contributed by atoms with E-state index in [0.717, 1.165) is 12.8 Å². The van der Waals surface area contributed by atoms with Crippen molar-refractivity contribution in [1.29, 1.82) is 0 Å². The second-order valence-electron chi connectivity index (χ2n) is 6.01. The molecule has 4 N–H and O–H groups in total. The van der Waals surface area contributed by atoms with Crippen LogP contribution in [-0.2, 0) is 0 Å². The van der Waals surface area contributed by atoms with E-state index in [1.807, 2.05) is 0 Å². The number of carbonyl (C=O) groups excluding carboxylic acids is 1. The maximum absolute atomic E-state index is 12.2. The largest absolute Gasteiger partial charge is 0.349 e. The van der Waals surface area contributed by atoms with Crippen LogP contribution >= 0.6 is 0 Å². The summed E-state index contributed by atoms with van der Waals surface area (Å²) >= 11 is 0. The first-order valence-electron chi connectivity index (χ1n) is 6.74. The van der Waals surface area contributed by atoms with E-state index in [2.05, 4.69) is 29.6 Å². The number of amides is 1. The van der Waals surface area contributed by atoms with Crippen LogP contribution < -0.4 is 16.6 Å². The number of rotatable bonds is 3. The molecule has 1 heterocycles. The van der Waals surface area contributed by atoms with Gasteiger partial charge < -0.3 is 10.7 Å². The van der Waals surface area contributed by atoms with Crippen LogP contribution in [0.25, 0.3) is 0 Å². The number of hydrazine groups is 1. The quantitative estimate of drug-likeness (QED) is 0.575. The average molecular weight is 262 g/mol. The van der Waals surface area contributed by atoms with Gasteiger partial charge in [-0.15, -0.1) is 0 Å². The molecule has 0 saturated heterocycles. The van der Waals surface area contributed by atoms with E-state index in [9.17, 15) is 4.79 Å². The molecular weight excluding hydrogens is 240 g/mol. The van der Waals surface area contributed by atoms with Crippen LogP contribution in [0.1, 0.15) is 49.9 Å². The summed E-state index contributed by atoms with van der Waals surface area (Å²) in [5.41, 5.74) is 3.35. The number of pyridine rings is 1. The van der Waals surface area contributed by atoms with Gasteiger partial charge >= 0.3 is 0 Å². The van der Waals surface area contributed by atoms with Gasteiger partial charge in [-0.2, -0.15) is 0 Å². The van der Waals surface area contributed by atoms with Gasteiger partial charge in [0.25, 0.3) is 5.91 Å². The van der Waals surface area contributed by atoms with Crippen molar-refractivity contribution < 1.29 is 4.79 Å². The molecule has 0 aliphatic heterocycles. The van der Waals surface area contributed by atoms with Crippen molar-refractivity contribution in [2.45, 2.75) is 45.6 Å². The van der Waals surface area contributed by atoms with E-state index >= 15 is 0 Å². The summed E-state index contributed by atoms with van der Waals surface area (Å²) in [6, 6.07) is 3.62. The Morgan fingerprint density at radius 1 is 1.53 bits per heavy atom. The van der Waals surface area contributed by atoms with E-state index in [4.69, 9.17) is 5.84 Å². The van der Waals surface area contributed by atoms with Crippen LogP contribution in [0.5, 0.6) is 0 Å². The Hall–Kier alpha value is -1.62. The zero-order chi connectivity index (χ0) is 13.9. The van der Waals surface area contributed by atoms with Crippen molar-refractivity contribution in [1.82, 2.24) is 10.3 Å². The molecule has 0 bridgehead atoms. The van der Waals surface area contributed by atoms with Crippen molar-refractivity contribution in [3.63, 3.8) is 0 Å². The lowest BCUT2D eigenvalue weighted by Gasteiger charge is -2.35. The highest BCUT2D eigenvalue weighted by Crippen LogP contribution is 2.35. The van der Waals surface area contributed by atoms with E-state index in [1.165, 1.54) is 12.8 Å². The minimum absolute atomic E-state index is 0.0541. The molecule has 1 saturated carbocycles. The van der Waals surface area contributed by atoms with Gasteiger partial charge in [0.05, 0.1) is 0 Å². The molecule has 0 spiro atoms. The molecule has 5 nitrogen and oxygen atoms in total. The Morgan fingerprint density at radius 3 is 3.00 bits per heavy atom. The fraction of sp³-hybridized carbons (Fsp3) is 0.571. The molecule has 1 atom stereocenters. The van der Waals surface area contributed by atoms with E-state index in [-0.39, 0.29) is 11.9 Å². The van der Waals surface area contributed by atoms with Gasteiger partial charge in [0, 0.05) is 17.8 Å². The smallest absolute Gasteiger partial charge is 0.251 e. The maximum Gasteiger partial charge on any atom is 0.251 e. The second-order valence-corrected chi connectivity index (χ2v) is 6.01. The van der Waals surface area contributed by atoms with Crippen LogP contribution in [0.3, 0.4) is 0 Å². The predicted molar refractivity (Wildman–Crippen MR) is 75.6 cm³/mol. The topological polar surface area (TPSA) is 80.0 Å². The van der Waals surface area contributed by atoms with E-state index in [0.29, 0.717) is 16.8 Å². The van der Waals surface area contributed by atoms with Crippen LogP contribution in [0.15, 0.2) is 18.3 Å². The van der Waals surface area contributed by atoms with Crippen LogP contribution in [0.2, 0.25) is 0 Å². The molecule has 1 aliphatic carbocycles. The van der Waals surface area contributed by atoms with Crippen molar-refractivity contribution in [2.24, 2.45) is 11.3 Å². The monoisotopic (exact) mass is 262 g/mol. The zero-order valence-corrected chi connectivity index (χ0v) is 11.6. The Balaban J connectivity index is 2.00. The lowest BCUT2D eigenvalue weighted by atomic mass is 9.75. The Bertz CT molecular complexity index is 459. The SMILES string of the molecule is CC1(C)CCCC(NC(=O)c2ccnc(NN)c2)C1. The Kier molecular flexibility index (Phi) is 4.04. The van der Waals surface area contributed by atoms with E-state index in [1.54, 1.807) is 18.3 Å². The molecule has 1 aromatic rings. The maximum atomic E-state index is 12.2. The number of hydrogen-bond donors (Lipinski definition) is 3. The summed E-state index contributed by atoms with van der Waals surface area (Å²) < 4.78 is 0. The lowest BCUT2D eigenvalue weighted by Crippen LogP contribution is -2.40. The molecule has 0 radical (unpaired) electrons. The summed E-state index contributed by atoms with van der Waals surface area (Å²) in [6.07, 6.45) is 6.07. The first-order chi connectivity index (χ1) is 9.00. The van der Waals surface area contributed by atoms with Gasteiger partial charge in [-0.3, -0.25) is 4.79 Å². The molecule has 1 unspecified atom stereocenters. The normalized spacial score (nSPS) is 21.7. The fourth-order valence-corrected chi connectivity index (χ4v) is 2.74. The third-order valence-corrected chi connectivity index (χ3v) is 3.71. The van der Waals surface area contributed by atoms with Crippen LogP contribution in [0.4, 0.5) is 5.82 Å². The number of carbonyl (C=O) groups is 1. The summed E-state index contributed by atoms with van der Waals surface area (Å²) in [4.78, 5) is 16.2. The molecule has 104 valence electrons. The molecule has 1 aliphatic rings.